The average Bonchev–Trinajstić information content (AvgIpc) is 3.31. The molecule has 1 heterocycles. The maximum absolute atomic E-state index is 11.9. The third-order valence-electron chi connectivity index (χ3n) is 5.33. The van der Waals surface area contributed by atoms with Crippen LogP contribution in [-0.4, -0.2) is 55.8 Å². The van der Waals surface area contributed by atoms with Crippen molar-refractivity contribution in [2.45, 2.75) is 57.1 Å². The van der Waals surface area contributed by atoms with E-state index in [1.165, 1.54) is 12.6 Å². The van der Waals surface area contributed by atoms with Gasteiger partial charge in [-0.25, -0.2) is 5.43 Å². The zero-order valence-electron chi connectivity index (χ0n) is 17.6. The third kappa shape index (κ3) is 8.01. The molecule has 1 saturated carbocycles. The molecule has 9 heteroatoms. The minimum Gasteiger partial charge on any atom is -0.484 e. The largest absolute Gasteiger partial charge is 0.484 e. The fraction of sp³-hybridized carbons (Fsp3) is 0.545. The number of carbonyl (C=O) groups excluding carboxylic acids is 3. The Morgan fingerprint density at radius 2 is 1.81 bits per heavy atom. The summed E-state index contributed by atoms with van der Waals surface area (Å²) in [5.74, 6) is -1.10. The number of carbonyl (C=O) groups is 3. The molecular formula is C22H30N4O5. The Balaban J connectivity index is 1.34. The molecule has 1 aliphatic carbocycles. The van der Waals surface area contributed by atoms with Gasteiger partial charge in [0.25, 0.3) is 5.91 Å². The normalized spacial score (nSPS) is 19.2. The summed E-state index contributed by atoms with van der Waals surface area (Å²) in [7, 11) is 0. The molecule has 1 atom stereocenters. The number of ether oxygens (including phenoxy) is 2. The zero-order valence-corrected chi connectivity index (χ0v) is 17.6. The molecule has 3 amide bonds. The topological polar surface area (TPSA) is 118 Å². The quantitative estimate of drug-likeness (QED) is 0.326. The number of nitrogens with zero attached hydrogens (tertiary/aromatic N) is 1. The Hall–Kier alpha value is -2.94. The van der Waals surface area contributed by atoms with Crippen LogP contribution in [0.5, 0.6) is 5.75 Å². The van der Waals surface area contributed by atoms with Gasteiger partial charge in [-0.05, 0) is 55.5 Å². The van der Waals surface area contributed by atoms with Gasteiger partial charge in [0.05, 0.1) is 12.3 Å². The van der Waals surface area contributed by atoms with Gasteiger partial charge in [0.1, 0.15) is 5.75 Å². The molecule has 0 bridgehead atoms. The number of hydrogen-bond acceptors (Lipinski definition) is 6. The van der Waals surface area contributed by atoms with E-state index in [0.29, 0.717) is 17.9 Å². The van der Waals surface area contributed by atoms with Gasteiger partial charge in [0.2, 0.25) is 0 Å². The van der Waals surface area contributed by atoms with E-state index in [1.807, 2.05) is 0 Å². The summed E-state index contributed by atoms with van der Waals surface area (Å²) in [6.45, 7) is 1.18. The van der Waals surface area contributed by atoms with Gasteiger partial charge < -0.3 is 20.1 Å². The summed E-state index contributed by atoms with van der Waals surface area (Å²) in [6, 6.07) is 6.94. The molecule has 31 heavy (non-hydrogen) atoms. The SMILES string of the molecule is O=C(COc1ccc(/C=N\NC(=O)C(=O)NC2CCCCC2)cc1)NC[C@@H]1CCCO1. The molecule has 3 N–H and O–H groups in total. The van der Waals surface area contributed by atoms with Gasteiger partial charge in [-0.15, -0.1) is 0 Å². The smallest absolute Gasteiger partial charge is 0.329 e. The first-order valence-corrected chi connectivity index (χ1v) is 10.9. The fourth-order valence-corrected chi connectivity index (χ4v) is 3.60. The van der Waals surface area contributed by atoms with E-state index in [0.717, 1.165) is 45.1 Å². The maximum atomic E-state index is 11.9. The number of hydrazone groups is 1. The summed E-state index contributed by atoms with van der Waals surface area (Å²) in [4.78, 5) is 35.6. The summed E-state index contributed by atoms with van der Waals surface area (Å²) < 4.78 is 10.9. The van der Waals surface area contributed by atoms with E-state index < -0.39 is 11.8 Å². The van der Waals surface area contributed by atoms with Gasteiger partial charge in [-0.2, -0.15) is 5.10 Å². The lowest BCUT2D eigenvalue weighted by molar-refractivity contribution is -0.139. The molecule has 1 saturated heterocycles. The highest BCUT2D eigenvalue weighted by Crippen LogP contribution is 2.17. The predicted octanol–water partition coefficient (Wildman–Crippen LogP) is 1.26. The van der Waals surface area contributed by atoms with Crippen molar-refractivity contribution in [3.05, 3.63) is 29.8 Å². The summed E-state index contributed by atoms with van der Waals surface area (Å²) in [5, 5.41) is 9.36. The van der Waals surface area contributed by atoms with Crippen molar-refractivity contribution in [1.82, 2.24) is 16.1 Å². The molecule has 0 aromatic heterocycles. The van der Waals surface area contributed by atoms with Crippen molar-refractivity contribution in [1.29, 1.82) is 0 Å². The van der Waals surface area contributed by atoms with Gasteiger partial charge >= 0.3 is 11.8 Å². The van der Waals surface area contributed by atoms with Crippen molar-refractivity contribution in [2.24, 2.45) is 5.10 Å². The van der Waals surface area contributed by atoms with Crippen LogP contribution >= 0.6 is 0 Å². The average molecular weight is 431 g/mol. The molecule has 2 aliphatic rings. The van der Waals surface area contributed by atoms with E-state index in [2.05, 4.69) is 21.2 Å². The van der Waals surface area contributed by atoms with Gasteiger partial charge in [-0.3, -0.25) is 14.4 Å². The maximum Gasteiger partial charge on any atom is 0.329 e. The second-order valence-electron chi connectivity index (χ2n) is 7.80. The van der Waals surface area contributed by atoms with Crippen LogP contribution in [0.3, 0.4) is 0 Å². The first-order valence-electron chi connectivity index (χ1n) is 10.9. The lowest BCUT2D eigenvalue weighted by atomic mass is 9.95. The van der Waals surface area contributed by atoms with Crippen LogP contribution in [0, 0.1) is 0 Å². The summed E-state index contributed by atoms with van der Waals surface area (Å²) in [5.41, 5.74) is 2.95. The zero-order chi connectivity index (χ0) is 21.9. The highest BCUT2D eigenvalue weighted by atomic mass is 16.5. The molecule has 1 aromatic rings. The molecule has 9 nitrogen and oxygen atoms in total. The molecule has 168 valence electrons. The van der Waals surface area contributed by atoms with Gasteiger partial charge in [0, 0.05) is 19.2 Å². The first-order chi connectivity index (χ1) is 15.1. The third-order valence-corrected chi connectivity index (χ3v) is 5.33. The molecule has 1 aliphatic heterocycles. The molecule has 3 rings (SSSR count). The molecule has 0 radical (unpaired) electrons. The lowest BCUT2D eigenvalue weighted by Crippen LogP contribution is -2.44. The van der Waals surface area contributed by atoms with Crippen molar-refractivity contribution in [3.8, 4) is 5.75 Å². The van der Waals surface area contributed by atoms with Crippen molar-refractivity contribution >= 4 is 23.9 Å². The number of rotatable bonds is 8. The minimum absolute atomic E-state index is 0.0710. The summed E-state index contributed by atoms with van der Waals surface area (Å²) in [6.07, 6.45) is 8.68. The van der Waals surface area contributed by atoms with E-state index in [-0.39, 0.29) is 24.7 Å². The number of benzene rings is 1. The van der Waals surface area contributed by atoms with Crippen LogP contribution < -0.4 is 20.8 Å². The van der Waals surface area contributed by atoms with Gasteiger partial charge in [-0.1, -0.05) is 19.3 Å². The molecule has 1 aromatic carbocycles. The standard InChI is InChI=1S/C22H30N4O5/c27-20(23-14-19-7-4-12-30-19)15-31-18-10-8-16(9-11-18)13-24-26-22(29)21(28)25-17-5-2-1-3-6-17/h8-11,13,17,19H,1-7,12,14-15H2,(H,23,27)(H,25,28)(H,26,29)/b24-13-/t19-/m0/s1. The van der Waals surface area contributed by atoms with E-state index >= 15 is 0 Å². The second-order valence-corrected chi connectivity index (χ2v) is 7.80. The number of nitrogens with one attached hydrogen (secondary N) is 3. The number of hydrogen-bond donors (Lipinski definition) is 3. The number of amides is 3. The van der Waals surface area contributed by atoms with Crippen LogP contribution in [0.2, 0.25) is 0 Å². The molecular weight excluding hydrogens is 400 g/mol. The van der Waals surface area contributed by atoms with Crippen molar-refractivity contribution < 1.29 is 23.9 Å². The molecule has 0 spiro atoms. The van der Waals surface area contributed by atoms with Crippen LogP contribution in [0.15, 0.2) is 29.4 Å². The van der Waals surface area contributed by atoms with E-state index in [1.54, 1.807) is 24.3 Å². The van der Waals surface area contributed by atoms with Crippen molar-refractivity contribution in [3.63, 3.8) is 0 Å². The van der Waals surface area contributed by atoms with Crippen LogP contribution in [0.1, 0.15) is 50.5 Å². The predicted molar refractivity (Wildman–Crippen MR) is 115 cm³/mol. The van der Waals surface area contributed by atoms with E-state index in [9.17, 15) is 14.4 Å². The van der Waals surface area contributed by atoms with Crippen LogP contribution in [-0.2, 0) is 19.1 Å². The lowest BCUT2D eigenvalue weighted by Gasteiger charge is -2.22. The second kappa shape index (κ2) is 12.0. The molecule has 2 fully saturated rings. The minimum atomic E-state index is -0.782. The highest BCUT2D eigenvalue weighted by molar-refractivity contribution is 6.35. The molecule has 0 unspecified atom stereocenters. The Kier molecular flexibility index (Phi) is 8.84. The summed E-state index contributed by atoms with van der Waals surface area (Å²) >= 11 is 0. The fourth-order valence-electron chi connectivity index (χ4n) is 3.60. The first kappa shape index (κ1) is 22.7. The Bertz CT molecular complexity index is 769. The Labute approximate surface area is 181 Å². The van der Waals surface area contributed by atoms with Crippen LogP contribution in [0.4, 0.5) is 0 Å². The monoisotopic (exact) mass is 430 g/mol. The van der Waals surface area contributed by atoms with Gasteiger partial charge in [0.15, 0.2) is 6.61 Å². The van der Waals surface area contributed by atoms with Crippen molar-refractivity contribution in [2.75, 3.05) is 19.8 Å². The van der Waals surface area contributed by atoms with E-state index in [4.69, 9.17) is 9.47 Å². The highest BCUT2D eigenvalue weighted by Gasteiger charge is 2.20. The Morgan fingerprint density at radius 1 is 1.03 bits per heavy atom. The Morgan fingerprint density at radius 3 is 2.52 bits per heavy atom. The van der Waals surface area contributed by atoms with Crippen LogP contribution in [0.25, 0.3) is 0 Å².